The van der Waals surface area contributed by atoms with Gasteiger partial charge in [-0.3, -0.25) is 4.79 Å². The highest BCUT2D eigenvalue weighted by Crippen LogP contribution is 2.21. The summed E-state index contributed by atoms with van der Waals surface area (Å²) in [5.74, 6) is -0.402. The molecule has 0 saturated carbocycles. The van der Waals surface area contributed by atoms with Crippen LogP contribution in [0.15, 0.2) is 0 Å². The smallest absolute Gasteiger partial charge is 0.306 e. The van der Waals surface area contributed by atoms with Crippen LogP contribution in [0.25, 0.3) is 0 Å². The molecule has 1 aliphatic heterocycles. The van der Waals surface area contributed by atoms with Crippen molar-refractivity contribution in [3.8, 4) is 0 Å². The highest BCUT2D eigenvalue weighted by Gasteiger charge is 2.28. The highest BCUT2D eigenvalue weighted by molar-refractivity contribution is 5.70. The minimum Gasteiger partial charge on any atom is -0.481 e. The van der Waals surface area contributed by atoms with Gasteiger partial charge in [0.25, 0.3) is 0 Å². The Bertz CT molecular complexity index is 147. The number of aliphatic carboxylic acids is 1. The molecule has 0 aromatic heterocycles. The van der Waals surface area contributed by atoms with Crippen molar-refractivity contribution in [2.45, 2.75) is 19.8 Å². The van der Waals surface area contributed by atoms with Gasteiger partial charge in [-0.1, -0.05) is 13.3 Å². The Morgan fingerprint density at radius 1 is 1.73 bits per heavy atom. The van der Waals surface area contributed by atoms with Crippen LogP contribution < -0.4 is 5.32 Å². The van der Waals surface area contributed by atoms with Gasteiger partial charge in [0.1, 0.15) is 0 Å². The van der Waals surface area contributed by atoms with Crippen molar-refractivity contribution < 1.29 is 9.90 Å². The van der Waals surface area contributed by atoms with Gasteiger partial charge in [-0.2, -0.15) is 0 Å². The number of nitrogens with one attached hydrogen (secondary N) is 1. The first kappa shape index (κ1) is 8.53. The van der Waals surface area contributed by atoms with Gasteiger partial charge in [-0.05, 0) is 25.4 Å². The molecule has 3 heteroatoms. The Morgan fingerprint density at radius 2 is 2.45 bits per heavy atom. The summed E-state index contributed by atoms with van der Waals surface area (Å²) in [6.07, 6.45) is 1.75. The van der Waals surface area contributed by atoms with E-state index >= 15 is 0 Å². The van der Waals surface area contributed by atoms with E-state index in [0.717, 1.165) is 25.9 Å². The molecule has 3 nitrogen and oxygen atoms in total. The number of rotatable bonds is 2. The Morgan fingerprint density at radius 3 is 2.91 bits per heavy atom. The van der Waals surface area contributed by atoms with E-state index < -0.39 is 5.97 Å². The molecule has 0 spiro atoms. The van der Waals surface area contributed by atoms with Gasteiger partial charge < -0.3 is 10.4 Å². The van der Waals surface area contributed by atoms with Crippen LogP contribution in [0.1, 0.15) is 19.8 Å². The topological polar surface area (TPSA) is 49.3 Å². The Hall–Kier alpha value is -0.570. The fraction of sp³-hybridized carbons (Fsp3) is 0.875. The maximum Gasteiger partial charge on any atom is 0.306 e. The summed E-state index contributed by atoms with van der Waals surface area (Å²) in [4.78, 5) is 10.7. The van der Waals surface area contributed by atoms with Crippen LogP contribution in [0.5, 0.6) is 0 Å². The predicted octanol–water partition coefficient (Wildman–Crippen LogP) is 0.707. The summed E-state index contributed by atoms with van der Waals surface area (Å²) in [6.45, 7) is 3.77. The molecule has 0 aromatic rings. The van der Waals surface area contributed by atoms with E-state index in [9.17, 15) is 4.79 Å². The van der Waals surface area contributed by atoms with Crippen LogP contribution >= 0.6 is 0 Å². The van der Waals surface area contributed by atoms with Crippen LogP contribution in [0.3, 0.4) is 0 Å². The lowest BCUT2D eigenvalue weighted by Crippen LogP contribution is -2.39. The lowest BCUT2D eigenvalue weighted by molar-refractivity contribution is -0.144. The number of carboxylic acid groups (broad SMARTS) is 1. The molecule has 2 N–H and O–H groups in total. The van der Waals surface area contributed by atoms with Crippen molar-refractivity contribution in [2.24, 2.45) is 11.8 Å². The second kappa shape index (κ2) is 3.72. The molecule has 1 rings (SSSR count). The van der Waals surface area contributed by atoms with E-state index in [-0.39, 0.29) is 5.92 Å². The van der Waals surface area contributed by atoms with Gasteiger partial charge in [0, 0.05) is 0 Å². The highest BCUT2D eigenvalue weighted by atomic mass is 16.4. The van der Waals surface area contributed by atoms with Crippen molar-refractivity contribution in [2.75, 3.05) is 13.1 Å². The summed E-state index contributed by atoms with van der Waals surface area (Å²) in [5, 5.41) is 12.0. The number of hydrogen-bond donors (Lipinski definition) is 2. The first-order chi connectivity index (χ1) is 5.25. The molecular weight excluding hydrogens is 142 g/mol. The maximum atomic E-state index is 10.7. The third-order valence-electron chi connectivity index (χ3n) is 2.45. The molecule has 0 bridgehead atoms. The van der Waals surface area contributed by atoms with E-state index in [0.29, 0.717) is 5.92 Å². The molecule has 0 radical (unpaired) electrons. The van der Waals surface area contributed by atoms with Crippen LogP contribution in [0.2, 0.25) is 0 Å². The zero-order valence-corrected chi connectivity index (χ0v) is 6.84. The Kier molecular flexibility index (Phi) is 2.88. The molecule has 64 valence electrons. The lowest BCUT2D eigenvalue weighted by atomic mass is 9.85. The third-order valence-corrected chi connectivity index (χ3v) is 2.45. The minimum absolute atomic E-state index is 0.110. The molecule has 2 atom stereocenters. The van der Waals surface area contributed by atoms with Gasteiger partial charge in [0.05, 0.1) is 5.92 Å². The average Bonchev–Trinajstić information content (AvgIpc) is 2.04. The summed E-state index contributed by atoms with van der Waals surface area (Å²) in [7, 11) is 0. The molecule has 11 heavy (non-hydrogen) atoms. The molecular formula is C8H15NO2. The molecule has 2 unspecified atom stereocenters. The molecule has 0 aliphatic carbocycles. The summed E-state index contributed by atoms with van der Waals surface area (Å²) < 4.78 is 0. The molecule has 1 heterocycles. The van der Waals surface area contributed by atoms with Crippen LogP contribution in [0, 0.1) is 11.8 Å². The average molecular weight is 157 g/mol. The summed E-state index contributed by atoms with van der Waals surface area (Å²) in [5.41, 5.74) is 0. The third kappa shape index (κ3) is 1.93. The number of carboxylic acids is 1. The largest absolute Gasteiger partial charge is 0.481 e. The monoisotopic (exact) mass is 157 g/mol. The first-order valence-electron chi connectivity index (χ1n) is 4.19. The van der Waals surface area contributed by atoms with Gasteiger partial charge in [0.15, 0.2) is 0 Å². The molecule has 0 amide bonds. The second-order valence-electron chi connectivity index (χ2n) is 3.11. The van der Waals surface area contributed by atoms with Crippen LogP contribution in [0.4, 0.5) is 0 Å². The van der Waals surface area contributed by atoms with E-state index in [2.05, 4.69) is 5.32 Å². The molecule has 1 fully saturated rings. The van der Waals surface area contributed by atoms with Crippen LogP contribution in [-0.2, 0) is 4.79 Å². The number of piperidine rings is 1. The molecule has 1 saturated heterocycles. The zero-order valence-electron chi connectivity index (χ0n) is 6.84. The van der Waals surface area contributed by atoms with Gasteiger partial charge in [-0.25, -0.2) is 0 Å². The SMILES string of the molecule is CCC1CNCCC1C(=O)O. The van der Waals surface area contributed by atoms with Gasteiger partial charge in [0.2, 0.25) is 0 Å². The van der Waals surface area contributed by atoms with E-state index in [1.54, 1.807) is 0 Å². The predicted molar refractivity (Wildman–Crippen MR) is 42.4 cm³/mol. The minimum atomic E-state index is -0.627. The van der Waals surface area contributed by atoms with E-state index in [1.165, 1.54) is 0 Å². The standard InChI is InChI=1S/C8H15NO2/c1-2-6-5-9-4-3-7(6)8(10)11/h6-7,9H,2-5H2,1H3,(H,10,11). The Labute approximate surface area is 66.8 Å². The van der Waals surface area contributed by atoms with Gasteiger partial charge in [-0.15, -0.1) is 0 Å². The van der Waals surface area contributed by atoms with Gasteiger partial charge >= 0.3 is 5.97 Å². The maximum absolute atomic E-state index is 10.7. The van der Waals surface area contributed by atoms with Crippen molar-refractivity contribution in [3.05, 3.63) is 0 Å². The summed E-state index contributed by atoms with van der Waals surface area (Å²) >= 11 is 0. The lowest BCUT2D eigenvalue weighted by Gasteiger charge is -2.28. The van der Waals surface area contributed by atoms with Crippen molar-refractivity contribution >= 4 is 5.97 Å². The number of hydrogen-bond acceptors (Lipinski definition) is 2. The van der Waals surface area contributed by atoms with E-state index in [4.69, 9.17) is 5.11 Å². The molecule has 1 aliphatic rings. The molecule has 0 aromatic carbocycles. The van der Waals surface area contributed by atoms with Crippen molar-refractivity contribution in [3.63, 3.8) is 0 Å². The van der Waals surface area contributed by atoms with E-state index in [1.807, 2.05) is 6.92 Å². The number of carbonyl (C=O) groups is 1. The second-order valence-corrected chi connectivity index (χ2v) is 3.11. The fourth-order valence-electron chi connectivity index (χ4n) is 1.68. The summed E-state index contributed by atoms with van der Waals surface area (Å²) in [6, 6.07) is 0. The normalized spacial score (nSPS) is 31.7. The van der Waals surface area contributed by atoms with Crippen molar-refractivity contribution in [1.29, 1.82) is 0 Å². The van der Waals surface area contributed by atoms with Crippen LogP contribution in [-0.4, -0.2) is 24.2 Å². The fourth-order valence-corrected chi connectivity index (χ4v) is 1.68. The quantitative estimate of drug-likeness (QED) is 0.620. The van der Waals surface area contributed by atoms with Crippen molar-refractivity contribution in [1.82, 2.24) is 5.32 Å². The zero-order chi connectivity index (χ0) is 8.27. The first-order valence-corrected chi connectivity index (χ1v) is 4.19. The Balaban J connectivity index is 2.51.